The third kappa shape index (κ3) is 3.31. The summed E-state index contributed by atoms with van der Waals surface area (Å²) in [5, 5.41) is 9.49. The SMILES string of the molecule is Cc1occc1-c1nnc(SCC(=O)N2CCc3ccccc32)n1-c1ccccc1. The first-order valence-corrected chi connectivity index (χ1v) is 10.8. The number of rotatable bonds is 5. The Morgan fingerprint density at radius 2 is 1.87 bits per heavy atom. The molecule has 3 heterocycles. The average molecular weight is 417 g/mol. The Hall–Kier alpha value is -3.32. The maximum Gasteiger partial charge on any atom is 0.237 e. The number of hydrogen-bond donors (Lipinski definition) is 0. The van der Waals surface area contributed by atoms with Gasteiger partial charge in [0.1, 0.15) is 5.76 Å². The molecule has 1 amide bonds. The van der Waals surface area contributed by atoms with Gasteiger partial charge in [0.2, 0.25) is 5.91 Å². The molecule has 0 radical (unpaired) electrons. The zero-order valence-electron chi connectivity index (χ0n) is 16.5. The van der Waals surface area contributed by atoms with E-state index < -0.39 is 0 Å². The Kier molecular flexibility index (Phi) is 4.88. The summed E-state index contributed by atoms with van der Waals surface area (Å²) in [6.07, 6.45) is 2.55. The second-order valence-electron chi connectivity index (χ2n) is 7.08. The van der Waals surface area contributed by atoms with E-state index in [1.807, 2.05) is 71.0 Å². The molecule has 0 N–H and O–H groups in total. The summed E-state index contributed by atoms with van der Waals surface area (Å²) in [5.74, 6) is 1.85. The number of fused-ring (bicyclic) bond motifs is 1. The van der Waals surface area contributed by atoms with Gasteiger partial charge in [0.05, 0.1) is 17.6 Å². The summed E-state index contributed by atoms with van der Waals surface area (Å²) in [5.41, 5.74) is 4.07. The lowest BCUT2D eigenvalue weighted by Crippen LogP contribution is -2.30. The van der Waals surface area contributed by atoms with E-state index in [9.17, 15) is 4.79 Å². The predicted molar refractivity (Wildman–Crippen MR) is 117 cm³/mol. The smallest absolute Gasteiger partial charge is 0.237 e. The van der Waals surface area contributed by atoms with Crippen LogP contribution in [0, 0.1) is 6.92 Å². The first kappa shape index (κ1) is 18.7. The Bertz CT molecular complexity index is 1200. The van der Waals surface area contributed by atoms with Crippen LogP contribution >= 0.6 is 11.8 Å². The van der Waals surface area contributed by atoms with Gasteiger partial charge in [-0.2, -0.15) is 0 Å². The zero-order valence-corrected chi connectivity index (χ0v) is 17.3. The van der Waals surface area contributed by atoms with Crippen LogP contribution in [0.25, 0.3) is 17.1 Å². The predicted octanol–water partition coefficient (Wildman–Crippen LogP) is 4.52. The molecule has 0 saturated carbocycles. The van der Waals surface area contributed by atoms with Crippen molar-refractivity contribution < 1.29 is 9.21 Å². The molecule has 4 aromatic rings. The van der Waals surface area contributed by atoms with Crippen LogP contribution in [0.5, 0.6) is 0 Å². The van der Waals surface area contributed by atoms with E-state index in [2.05, 4.69) is 16.3 Å². The van der Waals surface area contributed by atoms with E-state index in [0.717, 1.165) is 35.7 Å². The quantitative estimate of drug-likeness (QED) is 0.448. The van der Waals surface area contributed by atoms with Gasteiger partial charge in [-0.15, -0.1) is 10.2 Å². The normalized spacial score (nSPS) is 12.9. The molecule has 0 spiro atoms. The van der Waals surface area contributed by atoms with Crippen molar-refractivity contribution in [1.29, 1.82) is 0 Å². The van der Waals surface area contributed by atoms with Gasteiger partial charge in [0, 0.05) is 17.9 Å². The van der Waals surface area contributed by atoms with Crippen LogP contribution in [0.15, 0.2) is 76.5 Å². The molecule has 0 aliphatic carbocycles. The van der Waals surface area contributed by atoms with E-state index in [1.54, 1.807) is 6.26 Å². The summed E-state index contributed by atoms with van der Waals surface area (Å²) in [7, 11) is 0. The number of hydrogen-bond acceptors (Lipinski definition) is 5. The molecule has 0 saturated heterocycles. The summed E-state index contributed by atoms with van der Waals surface area (Å²) in [6.45, 7) is 2.63. The van der Waals surface area contributed by atoms with Crippen LogP contribution in [0.3, 0.4) is 0 Å². The number of para-hydroxylation sites is 2. The summed E-state index contributed by atoms with van der Waals surface area (Å²) >= 11 is 1.40. The highest BCUT2D eigenvalue weighted by atomic mass is 32.2. The third-order valence-electron chi connectivity index (χ3n) is 5.26. The molecule has 6 nitrogen and oxygen atoms in total. The van der Waals surface area contributed by atoms with Gasteiger partial charge in [0.15, 0.2) is 11.0 Å². The zero-order chi connectivity index (χ0) is 20.5. The molecule has 30 heavy (non-hydrogen) atoms. The van der Waals surface area contributed by atoms with Crippen LogP contribution < -0.4 is 4.90 Å². The molecule has 150 valence electrons. The van der Waals surface area contributed by atoms with Crippen molar-refractivity contribution in [3.05, 3.63) is 78.3 Å². The second-order valence-corrected chi connectivity index (χ2v) is 8.02. The third-order valence-corrected chi connectivity index (χ3v) is 6.17. The molecule has 0 atom stereocenters. The van der Waals surface area contributed by atoms with Crippen molar-refractivity contribution in [3.63, 3.8) is 0 Å². The number of carbonyl (C=O) groups excluding carboxylic acids is 1. The summed E-state index contributed by atoms with van der Waals surface area (Å²) in [4.78, 5) is 14.8. The maximum atomic E-state index is 13.0. The fourth-order valence-electron chi connectivity index (χ4n) is 3.77. The van der Waals surface area contributed by atoms with E-state index in [-0.39, 0.29) is 5.91 Å². The van der Waals surface area contributed by atoms with Crippen LogP contribution in [0.4, 0.5) is 5.69 Å². The van der Waals surface area contributed by atoms with Gasteiger partial charge in [-0.3, -0.25) is 9.36 Å². The molecule has 2 aromatic carbocycles. The number of carbonyl (C=O) groups is 1. The average Bonchev–Trinajstić information content (AvgIpc) is 3.50. The van der Waals surface area contributed by atoms with Crippen molar-refractivity contribution in [2.45, 2.75) is 18.5 Å². The Morgan fingerprint density at radius 1 is 1.07 bits per heavy atom. The first-order valence-electron chi connectivity index (χ1n) is 9.79. The minimum atomic E-state index is 0.0774. The standard InChI is InChI=1S/C23H20N4O2S/c1-16-19(12-14-29-16)22-24-25-23(27(22)18-8-3-2-4-9-18)30-15-21(28)26-13-11-17-7-5-6-10-20(17)26/h2-10,12,14H,11,13,15H2,1H3. The first-order chi connectivity index (χ1) is 14.7. The highest BCUT2D eigenvalue weighted by Crippen LogP contribution is 2.32. The lowest BCUT2D eigenvalue weighted by molar-refractivity contribution is -0.116. The minimum absolute atomic E-state index is 0.0774. The monoisotopic (exact) mass is 416 g/mol. The van der Waals surface area contributed by atoms with E-state index in [0.29, 0.717) is 16.7 Å². The molecule has 2 aromatic heterocycles. The van der Waals surface area contributed by atoms with E-state index in [1.165, 1.54) is 17.3 Å². The van der Waals surface area contributed by atoms with Gasteiger partial charge in [0.25, 0.3) is 0 Å². The lowest BCUT2D eigenvalue weighted by Gasteiger charge is -2.17. The number of aromatic nitrogens is 3. The van der Waals surface area contributed by atoms with Crippen molar-refractivity contribution in [1.82, 2.24) is 14.8 Å². The molecule has 0 unspecified atom stereocenters. The molecular weight excluding hydrogens is 396 g/mol. The molecule has 1 aliphatic rings. The number of benzene rings is 2. The van der Waals surface area contributed by atoms with Crippen LogP contribution in [-0.4, -0.2) is 33.0 Å². The van der Waals surface area contributed by atoms with Crippen molar-refractivity contribution in [2.75, 3.05) is 17.2 Å². The largest absolute Gasteiger partial charge is 0.469 e. The van der Waals surface area contributed by atoms with Crippen molar-refractivity contribution >= 4 is 23.4 Å². The molecule has 1 aliphatic heterocycles. The minimum Gasteiger partial charge on any atom is -0.469 e. The fourth-order valence-corrected chi connectivity index (χ4v) is 4.59. The second kappa shape index (κ2) is 7.84. The Balaban J connectivity index is 1.43. The van der Waals surface area contributed by atoms with Gasteiger partial charge < -0.3 is 9.32 Å². The highest BCUT2D eigenvalue weighted by Gasteiger charge is 2.25. The van der Waals surface area contributed by atoms with Gasteiger partial charge in [-0.25, -0.2) is 0 Å². The Morgan fingerprint density at radius 3 is 2.67 bits per heavy atom. The van der Waals surface area contributed by atoms with Gasteiger partial charge in [-0.05, 0) is 43.2 Å². The molecule has 0 fully saturated rings. The lowest BCUT2D eigenvalue weighted by atomic mass is 10.2. The number of furan rings is 1. The molecule has 7 heteroatoms. The number of aryl methyl sites for hydroxylation is 1. The molecular formula is C23H20N4O2S. The number of amides is 1. The van der Waals surface area contributed by atoms with E-state index >= 15 is 0 Å². The Labute approximate surface area is 178 Å². The van der Waals surface area contributed by atoms with Crippen molar-refractivity contribution in [3.8, 4) is 17.1 Å². The van der Waals surface area contributed by atoms with Gasteiger partial charge >= 0.3 is 0 Å². The van der Waals surface area contributed by atoms with Crippen molar-refractivity contribution in [2.24, 2.45) is 0 Å². The molecule has 0 bridgehead atoms. The van der Waals surface area contributed by atoms with Gasteiger partial charge in [-0.1, -0.05) is 48.2 Å². The van der Waals surface area contributed by atoms with Crippen LogP contribution in [0.2, 0.25) is 0 Å². The fraction of sp³-hybridized carbons (Fsp3) is 0.174. The highest BCUT2D eigenvalue weighted by molar-refractivity contribution is 7.99. The number of anilines is 1. The van der Waals surface area contributed by atoms with Crippen LogP contribution in [0.1, 0.15) is 11.3 Å². The van der Waals surface area contributed by atoms with E-state index in [4.69, 9.17) is 4.42 Å². The summed E-state index contributed by atoms with van der Waals surface area (Å²) in [6, 6.07) is 19.9. The topological polar surface area (TPSA) is 64.2 Å². The number of thioether (sulfide) groups is 1. The van der Waals surface area contributed by atoms with Crippen LogP contribution in [-0.2, 0) is 11.2 Å². The summed E-state index contributed by atoms with van der Waals surface area (Å²) < 4.78 is 7.45. The maximum absolute atomic E-state index is 13.0. The molecule has 5 rings (SSSR count). The number of nitrogens with zero attached hydrogens (tertiary/aromatic N) is 4.